The van der Waals surface area contributed by atoms with Crippen LogP contribution in [0.15, 0.2) is 66.0 Å². The number of nitrogens with zero attached hydrogens (tertiary/aromatic N) is 1. The molecule has 1 aliphatic rings. The number of amides is 1. The predicted octanol–water partition coefficient (Wildman–Crippen LogP) is 4.86. The Morgan fingerprint density at radius 1 is 1.14 bits per heavy atom. The summed E-state index contributed by atoms with van der Waals surface area (Å²) in [5, 5.41) is 2.02. The molecule has 2 heterocycles. The molecule has 1 aromatic heterocycles. The molecule has 0 N–H and O–H groups in total. The zero-order chi connectivity index (χ0) is 19.5. The summed E-state index contributed by atoms with van der Waals surface area (Å²) in [5.41, 5.74) is 2.98. The fourth-order valence-corrected chi connectivity index (χ4v) is 4.20. The molecule has 28 heavy (non-hydrogen) atoms. The Morgan fingerprint density at radius 2 is 1.96 bits per heavy atom. The van der Waals surface area contributed by atoms with Crippen molar-refractivity contribution in [1.29, 1.82) is 0 Å². The van der Waals surface area contributed by atoms with Crippen molar-refractivity contribution in [1.82, 2.24) is 4.90 Å². The molecular formula is C23H21NO3S. The van der Waals surface area contributed by atoms with E-state index in [9.17, 15) is 9.59 Å². The fraction of sp³-hybridized carbons (Fsp3) is 0.217. The van der Waals surface area contributed by atoms with Gasteiger partial charge in [-0.2, -0.15) is 0 Å². The number of rotatable bonds is 5. The second kappa shape index (κ2) is 7.98. The van der Waals surface area contributed by atoms with Crippen LogP contribution in [-0.2, 0) is 17.7 Å². The molecule has 0 unspecified atom stereocenters. The van der Waals surface area contributed by atoms with Crippen molar-refractivity contribution in [3.63, 3.8) is 0 Å². The highest BCUT2D eigenvalue weighted by atomic mass is 32.1. The molecule has 2 aromatic carbocycles. The molecule has 0 spiro atoms. The number of ether oxygens (including phenoxy) is 1. The lowest BCUT2D eigenvalue weighted by atomic mass is 9.93. The Balaban J connectivity index is 1.59. The summed E-state index contributed by atoms with van der Waals surface area (Å²) in [5.74, 6) is -0.353. The van der Waals surface area contributed by atoms with Gasteiger partial charge in [-0.25, -0.2) is 4.79 Å². The monoisotopic (exact) mass is 391 g/mol. The van der Waals surface area contributed by atoms with Crippen LogP contribution in [-0.4, -0.2) is 23.3 Å². The van der Waals surface area contributed by atoms with Gasteiger partial charge in [0.2, 0.25) is 0 Å². The number of benzene rings is 2. The van der Waals surface area contributed by atoms with Gasteiger partial charge in [0.05, 0.1) is 12.1 Å². The lowest BCUT2D eigenvalue weighted by Gasteiger charge is -2.26. The third kappa shape index (κ3) is 3.71. The van der Waals surface area contributed by atoms with Crippen LogP contribution in [0.1, 0.15) is 49.7 Å². The summed E-state index contributed by atoms with van der Waals surface area (Å²) >= 11 is 1.65. The highest BCUT2D eigenvalue weighted by molar-refractivity contribution is 7.09. The molecule has 0 aliphatic carbocycles. The minimum atomic E-state index is -0.333. The van der Waals surface area contributed by atoms with E-state index in [-0.39, 0.29) is 18.0 Å². The van der Waals surface area contributed by atoms with E-state index in [4.69, 9.17) is 4.74 Å². The number of carbonyl (C=O) groups is 2. The molecule has 3 aromatic rings. The Morgan fingerprint density at radius 3 is 2.68 bits per heavy atom. The van der Waals surface area contributed by atoms with Crippen LogP contribution in [0.25, 0.3) is 0 Å². The van der Waals surface area contributed by atoms with Gasteiger partial charge >= 0.3 is 5.97 Å². The first kappa shape index (κ1) is 18.4. The zero-order valence-corrected chi connectivity index (χ0v) is 16.4. The van der Waals surface area contributed by atoms with Crippen molar-refractivity contribution in [3.8, 4) is 0 Å². The molecule has 142 valence electrons. The Bertz CT molecular complexity index is 982. The van der Waals surface area contributed by atoms with E-state index in [0.29, 0.717) is 30.6 Å². The molecule has 1 amide bonds. The fourth-order valence-electron chi connectivity index (χ4n) is 3.48. The number of thiophene rings is 1. The molecule has 0 saturated heterocycles. The first-order chi connectivity index (χ1) is 13.7. The molecule has 4 nitrogen and oxygen atoms in total. The van der Waals surface area contributed by atoms with E-state index in [1.165, 1.54) is 0 Å². The Labute approximate surface area is 168 Å². The van der Waals surface area contributed by atoms with Crippen LogP contribution in [0.3, 0.4) is 0 Å². The molecule has 1 aliphatic heterocycles. The first-order valence-electron chi connectivity index (χ1n) is 9.36. The van der Waals surface area contributed by atoms with E-state index in [2.05, 4.69) is 0 Å². The number of esters is 1. The normalized spacial score (nSPS) is 15.6. The molecule has 0 radical (unpaired) electrons. The van der Waals surface area contributed by atoms with Crippen LogP contribution in [0.4, 0.5) is 0 Å². The van der Waals surface area contributed by atoms with Crippen LogP contribution >= 0.6 is 11.3 Å². The average Bonchev–Trinajstić information content (AvgIpc) is 3.25. The van der Waals surface area contributed by atoms with Gasteiger partial charge in [0.1, 0.15) is 6.10 Å². The van der Waals surface area contributed by atoms with E-state index in [1.54, 1.807) is 23.5 Å². The summed E-state index contributed by atoms with van der Waals surface area (Å²) in [6, 6.07) is 19.0. The number of fused-ring (bicyclic) bond motifs is 1. The van der Waals surface area contributed by atoms with Crippen molar-refractivity contribution < 1.29 is 14.3 Å². The minimum Gasteiger partial charge on any atom is -0.454 e. The topological polar surface area (TPSA) is 46.6 Å². The maximum atomic E-state index is 13.0. The number of hydrogen-bond acceptors (Lipinski definition) is 4. The maximum Gasteiger partial charge on any atom is 0.339 e. The van der Waals surface area contributed by atoms with Crippen molar-refractivity contribution >= 4 is 23.2 Å². The summed E-state index contributed by atoms with van der Waals surface area (Å²) < 4.78 is 5.61. The molecule has 0 fully saturated rings. The molecule has 5 heteroatoms. The summed E-state index contributed by atoms with van der Waals surface area (Å²) in [7, 11) is 0. The van der Waals surface area contributed by atoms with Crippen molar-refractivity contribution in [2.24, 2.45) is 0 Å². The predicted molar refractivity (Wildman–Crippen MR) is 109 cm³/mol. The van der Waals surface area contributed by atoms with E-state index in [0.717, 1.165) is 16.0 Å². The number of cyclic esters (lactones) is 1. The van der Waals surface area contributed by atoms with Gasteiger partial charge in [0, 0.05) is 23.4 Å². The molecular weight excluding hydrogens is 370 g/mol. The quantitative estimate of drug-likeness (QED) is 0.583. The number of carbonyl (C=O) groups excluding carboxylic acids is 2. The van der Waals surface area contributed by atoms with Crippen LogP contribution in [0, 0.1) is 0 Å². The molecule has 1 atom stereocenters. The van der Waals surface area contributed by atoms with Gasteiger partial charge in [-0.3, -0.25) is 4.79 Å². The SMILES string of the molecule is CCN(Cc1cccs1)C(=O)c1ccc2c(c1)C[C@@H](c1ccccc1)OC2=O. The van der Waals surface area contributed by atoms with Crippen LogP contribution in [0.2, 0.25) is 0 Å². The zero-order valence-electron chi connectivity index (χ0n) is 15.6. The van der Waals surface area contributed by atoms with Crippen molar-refractivity contribution in [2.45, 2.75) is 26.0 Å². The van der Waals surface area contributed by atoms with Crippen molar-refractivity contribution in [3.05, 3.63) is 93.2 Å². The van der Waals surface area contributed by atoms with E-state index < -0.39 is 0 Å². The lowest BCUT2D eigenvalue weighted by molar-refractivity contribution is 0.0252. The smallest absolute Gasteiger partial charge is 0.339 e. The van der Waals surface area contributed by atoms with Crippen LogP contribution < -0.4 is 0 Å². The van der Waals surface area contributed by atoms with Crippen molar-refractivity contribution in [2.75, 3.05) is 6.54 Å². The van der Waals surface area contributed by atoms with Gasteiger partial charge in [-0.1, -0.05) is 36.4 Å². The van der Waals surface area contributed by atoms with Gasteiger partial charge in [-0.05, 0) is 47.7 Å². The second-order valence-electron chi connectivity index (χ2n) is 6.78. The summed E-state index contributed by atoms with van der Waals surface area (Å²) in [6.07, 6.45) is 0.253. The third-order valence-corrected chi connectivity index (χ3v) is 5.85. The first-order valence-corrected chi connectivity index (χ1v) is 10.2. The lowest BCUT2D eigenvalue weighted by Crippen LogP contribution is -2.30. The van der Waals surface area contributed by atoms with Crippen LogP contribution in [0.5, 0.6) is 0 Å². The highest BCUT2D eigenvalue weighted by Crippen LogP contribution is 2.31. The van der Waals surface area contributed by atoms with Gasteiger partial charge in [0.15, 0.2) is 0 Å². The largest absolute Gasteiger partial charge is 0.454 e. The van der Waals surface area contributed by atoms with Gasteiger partial charge in [-0.15, -0.1) is 11.3 Å². The third-order valence-electron chi connectivity index (χ3n) is 4.99. The average molecular weight is 391 g/mol. The van der Waals surface area contributed by atoms with Gasteiger partial charge < -0.3 is 9.64 Å². The highest BCUT2D eigenvalue weighted by Gasteiger charge is 2.28. The van der Waals surface area contributed by atoms with E-state index >= 15 is 0 Å². The Kier molecular flexibility index (Phi) is 5.26. The summed E-state index contributed by atoms with van der Waals surface area (Å²) in [6.45, 7) is 3.20. The standard InChI is InChI=1S/C23H21NO3S/c1-2-24(15-19-9-6-12-28-19)22(25)17-10-11-20-18(13-17)14-21(27-23(20)26)16-7-4-3-5-8-16/h3-13,21H,2,14-15H2,1H3/t21-/m0/s1. The Hall–Kier alpha value is -2.92. The molecule has 4 rings (SSSR count). The maximum absolute atomic E-state index is 13.0. The van der Waals surface area contributed by atoms with Gasteiger partial charge in [0.25, 0.3) is 5.91 Å². The molecule has 0 saturated carbocycles. The molecule has 0 bridgehead atoms. The summed E-state index contributed by atoms with van der Waals surface area (Å²) in [4.78, 5) is 28.4. The minimum absolute atomic E-state index is 0.0195. The van der Waals surface area contributed by atoms with E-state index in [1.807, 2.05) is 65.7 Å². The second-order valence-corrected chi connectivity index (χ2v) is 7.81. The number of hydrogen-bond donors (Lipinski definition) is 0.